The predicted octanol–water partition coefficient (Wildman–Crippen LogP) is 2.61. The third kappa shape index (κ3) is 6.82. The lowest BCUT2D eigenvalue weighted by atomic mass is 10.1. The Kier molecular flexibility index (Phi) is 6.97. The standard InChI is InChI=1S/C15H24N2O2/c1-12(2)19-10-6-9-16-15(18)17-11-14-8-5-4-7-13(14)3/h4-5,7-8,12H,6,9-11H2,1-3H3,(H2,16,17,18). The Hall–Kier alpha value is -1.55. The average Bonchev–Trinajstić information content (AvgIpc) is 2.37. The van der Waals surface area contributed by atoms with Crippen LogP contribution in [0.3, 0.4) is 0 Å². The van der Waals surface area contributed by atoms with Crippen LogP contribution in [-0.2, 0) is 11.3 Å². The summed E-state index contributed by atoms with van der Waals surface area (Å²) < 4.78 is 5.40. The number of aryl methyl sites for hydroxylation is 1. The molecule has 1 aromatic carbocycles. The van der Waals surface area contributed by atoms with Crippen molar-refractivity contribution in [1.29, 1.82) is 0 Å². The molecule has 0 bridgehead atoms. The van der Waals surface area contributed by atoms with E-state index in [0.717, 1.165) is 12.0 Å². The molecule has 0 aromatic heterocycles. The molecule has 0 atom stereocenters. The van der Waals surface area contributed by atoms with Gasteiger partial charge in [0.1, 0.15) is 0 Å². The monoisotopic (exact) mass is 264 g/mol. The highest BCUT2D eigenvalue weighted by Crippen LogP contribution is 2.05. The fourth-order valence-corrected chi connectivity index (χ4v) is 1.64. The zero-order valence-corrected chi connectivity index (χ0v) is 12.0. The molecule has 1 aromatic rings. The second-order valence-corrected chi connectivity index (χ2v) is 4.81. The Morgan fingerprint density at radius 1 is 1.26 bits per heavy atom. The minimum absolute atomic E-state index is 0.132. The molecule has 0 saturated heterocycles. The van der Waals surface area contributed by atoms with Gasteiger partial charge in [-0.2, -0.15) is 0 Å². The molecule has 0 unspecified atom stereocenters. The van der Waals surface area contributed by atoms with E-state index in [1.807, 2.05) is 45.0 Å². The average molecular weight is 264 g/mol. The molecule has 0 fully saturated rings. The van der Waals surface area contributed by atoms with Crippen LogP contribution < -0.4 is 10.6 Å². The van der Waals surface area contributed by atoms with Crippen LogP contribution in [0.2, 0.25) is 0 Å². The molecule has 4 heteroatoms. The minimum atomic E-state index is -0.132. The van der Waals surface area contributed by atoms with Gasteiger partial charge in [-0.15, -0.1) is 0 Å². The van der Waals surface area contributed by atoms with E-state index in [4.69, 9.17) is 4.74 Å². The summed E-state index contributed by atoms with van der Waals surface area (Å²) in [5, 5.41) is 5.66. The van der Waals surface area contributed by atoms with Crippen molar-refractivity contribution in [3.05, 3.63) is 35.4 Å². The summed E-state index contributed by atoms with van der Waals surface area (Å²) in [6.45, 7) is 7.91. The number of nitrogens with one attached hydrogen (secondary N) is 2. The normalized spacial score (nSPS) is 10.5. The number of benzene rings is 1. The van der Waals surface area contributed by atoms with Gasteiger partial charge in [0.15, 0.2) is 0 Å². The molecule has 19 heavy (non-hydrogen) atoms. The molecule has 1 rings (SSSR count). The molecular formula is C15H24N2O2. The van der Waals surface area contributed by atoms with Crippen LogP contribution in [0.5, 0.6) is 0 Å². The molecule has 2 amide bonds. The van der Waals surface area contributed by atoms with Crippen molar-refractivity contribution < 1.29 is 9.53 Å². The molecule has 0 heterocycles. The Bertz CT molecular complexity index is 391. The highest BCUT2D eigenvalue weighted by Gasteiger charge is 2.01. The van der Waals surface area contributed by atoms with E-state index < -0.39 is 0 Å². The van der Waals surface area contributed by atoms with E-state index in [0.29, 0.717) is 19.7 Å². The number of hydrogen-bond donors (Lipinski definition) is 2. The van der Waals surface area contributed by atoms with E-state index >= 15 is 0 Å². The molecule has 106 valence electrons. The number of rotatable bonds is 7. The number of ether oxygens (including phenoxy) is 1. The molecule has 2 N–H and O–H groups in total. The SMILES string of the molecule is Cc1ccccc1CNC(=O)NCCCOC(C)C. The first-order valence-corrected chi connectivity index (χ1v) is 6.77. The van der Waals surface area contributed by atoms with Gasteiger partial charge in [-0.1, -0.05) is 24.3 Å². The van der Waals surface area contributed by atoms with Gasteiger partial charge in [0.05, 0.1) is 6.10 Å². The van der Waals surface area contributed by atoms with Crippen LogP contribution in [0.25, 0.3) is 0 Å². The van der Waals surface area contributed by atoms with E-state index in [9.17, 15) is 4.79 Å². The Labute approximate surface area is 115 Å². The highest BCUT2D eigenvalue weighted by molar-refractivity contribution is 5.73. The molecule has 0 aliphatic rings. The number of urea groups is 1. The lowest BCUT2D eigenvalue weighted by molar-refractivity contribution is 0.0774. The molecule has 0 aliphatic heterocycles. The number of carbonyl (C=O) groups excluding carboxylic acids is 1. The van der Waals surface area contributed by atoms with Gasteiger partial charge in [0, 0.05) is 19.7 Å². The lowest BCUT2D eigenvalue weighted by Gasteiger charge is -2.10. The Morgan fingerprint density at radius 3 is 2.68 bits per heavy atom. The van der Waals surface area contributed by atoms with Crippen LogP contribution in [0.1, 0.15) is 31.4 Å². The fourth-order valence-electron chi connectivity index (χ4n) is 1.64. The number of hydrogen-bond acceptors (Lipinski definition) is 2. The van der Waals surface area contributed by atoms with Crippen molar-refractivity contribution >= 4 is 6.03 Å². The summed E-state index contributed by atoms with van der Waals surface area (Å²) in [5.74, 6) is 0. The quantitative estimate of drug-likeness (QED) is 0.744. The summed E-state index contributed by atoms with van der Waals surface area (Å²) in [4.78, 5) is 11.6. The molecule has 0 aliphatic carbocycles. The molecule has 0 saturated carbocycles. The predicted molar refractivity (Wildman–Crippen MR) is 77.1 cm³/mol. The van der Waals surface area contributed by atoms with Gasteiger partial charge in [-0.3, -0.25) is 0 Å². The molecule has 4 nitrogen and oxygen atoms in total. The van der Waals surface area contributed by atoms with Gasteiger partial charge in [-0.25, -0.2) is 4.79 Å². The maximum absolute atomic E-state index is 11.6. The first-order valence-electron chi connectivity index (χ1n) is 6.77. The van der Waals surface area contributed by atoms with Gasteiger partial charge in [0.2, 0.25) is 0 Å². The fraction of sp³-hybridized carbons (Fsp3) is 0.533. The van der Waals surface area contributed by atoms with Crippen molar-refractivity contribution in [1.82, 2.24) is 10.6 Å². The summed E-state index contributed by atoms with van der Waals surface area (Å²) in [6.07, 6.45) is 1.07. The Morgan fingerprint density at radius 2 is 2.00 bits per heavy atom. The number of amides is 2. The van der Waals surface area contributed by atoms with Crippen LogP contribution in [0, 0.1) is 6.92 Å². The van der Waals surface area contributed by atoms with E-state index in [1.165, 1.54) is 5.56 Å². The molecule has 0 spiro atoms. The van der Waals surface area contributed by atoms with Crippen LogP contribution >= 0.6 is 0 Å². The van der Waals surface area contributed by atoms with E-state index in [1.54, 1.807) is 0 Å². The largest absolute Gasteiger partial charge is 0.379 e. The van der Waals surface area contributed by atoms with Crippen LogP contribution in [0.15, 0.2) is 24.3 Å². The second kappa shape index (κ2) is 8.53. The van der Waals surface area contributed by atoms with Crippen molar-refractivity contribution in [3.63, 3.8) is 0 Å². The first kappa shape index (κ1) is 15.5. The lowest BCUT2D eigenvalue weighted by Crippen LogP contribution is -2.36. The van der Waals surface area contributed by atoms with E-state index in [-0.39, 0.29) is 12.1 Å². The maximum atomic E-state index is 11.6. The van der Waals surface area contributed by atoms with Crippen LogP contribution in [0.4, 0.5) is 4.79 Å². The smallest absolute Gasteiger partial charge is 0.315 e. The van der Waals surface area contributed by atoms with Crippen molar-refractivity contribution in [2.45, 2.75) is 39.8 Å². The Balaban J connectivity index is 2.13. The summed E-state index contributed by atoms with van der Waals surface area (Å²) in [6, 6.07) is 7.90. The zero-order valence-electron chi connectivity index (χ0n) is 12.0. The summed E-state index contributed by atoms with van der Waals surface area (Å²) in [5.41, 5.74) is 2.33. The molecular weight excluding hydrogens is 240 g/mol. The van der Waals surface area contributed by atoms with E-state index in [2.05, 4.69) is 10.6 Å². The highest BCUT2D eigenvalue weighted by atomic mass is 16.5. The topological polar surface area (TPSA) is 50.4 Å². The van der Waals surface area contributed by atoms with Crippen molar-refractivity contribution in [3.8, 4) is 0 Å². The van der Waals surface area contributed by atoms with Gasteiger partial charge in [-0.05, 0) is 38.3 Å². The third-order valence-electron chi connectivity index (χ3n) is 2.76. The maximum Gasteiger partial charge on any atom is 0.315 e. The number of carbonyl (C=O) groups is 1. The van der Waals surface area contributed by atoms with Gasteiger partial charge < -0.3 is 15.4 Å². The van der Waals surface area contributed by atoms with Gasteiger partial charge >= 0.3 is 6.03 Å². The molecule has 0 radical (unpaired) electrons. The van der Waals surface area contributed by atoms with Gasteiger partial charge in [0.25, 0.3) is 0 Å². The minimum Gasteiger partial charge on any atom is -0.379 e. The second-order valence-electron chi connectivity index (χ2n) is 4.81. The van der Waals surface area contributed by atoms with Crippen molar-refractivity contribution in [2.75, 3.05) is 13.2 Å². The zero-order chi connectivity index (χ0) is 14.1. The van der Waals surface area contributed by atoms with Crippen LogP contribution in [-0.4, -0.2) is 25.3 Å². The first-order chi connectivity index (χ1) is 9.09. The van der Waals surface area contributed by atoms with Crippen molar-refractivity contribution in [2.24, 2.45) is 0 Å². The summed E-state index contributed by atoms with van der Waals surface area (Å²) >= 11 is 0. The summed E-state index contributed by atoms with van der Waals surface area (Å²) in [7, 11) is 0. The third-order valence-corrected chi connectivity index (χ3v) is 2.76.